The van der Waals surface area contributed by atoms with Gasteiger partial charge in [-0.05, 0) is 37.1 Å². The van der Waals surface area contributed by atoms with E-state index in [1.807, 2.05) is 0 Å². The van der Waals surface area contributed by atoms with Crippen molar-refractivity contribution in [3.8, 4) is 5.75 Å². The Labute approximate surface area is 111 Å². The van der Waals surface area contributed by atoms with Crippen molar-refractivity contribution in [1.82, 2.24) is 0 Å². The van der Waals surface area contributed by atoms with Gasteiger partial charge in [0.2, 0.25) is 0 Å². The number of hydrogen-bond acceptors (Lipinski definition) is 4. The van der Waals surface area contributed by atoms with Crippen LogP contribution in [-0.4, -0.2) is 28.2 Å². The van der Waals surface area contributed by atoms with Crippen molar-refractivity contribution in [2.75, 3.05) is 19.8 Å². The van der Waals surface area contributed by atoms with Crippen LogP contribution in [0, 0.1) is 12.8 Å². The number of aryl methyl sites for hydroxylation is 1. The maximum absolute atomic E-state index is 11.2. The van der Waals surface area contributed by atoms with E-state index in [-0.39, 0.29) is 4.90 Å². The Morgan fingerprint density at radius 1 is 1.50 bits per heavy atom. The summed E-state index contributed by atoms with van der Waals surface area (Å²) in [6.07, 6.45) is 1.01. The number of rotatable bonds is 4. The lowest BCUT2D eigenvalue weighted by Crippen LogP contribution is -2.11. The summed E-state index contributed by atoms with van der Waals surface area (Å²) in [6.45, 7) is 3.80. The topological polar surface area (TPSA) is 52.6 Å². The van der Waals surface area contributed by atoms with Crippen molar-refractivity contribution >= 4 is 19.7 Å². The molecule has 0 amide bonds. The van der Waals surface area contributed by atoms with Crippen LogP contribution in [0.5, 0.6) is 5.75 Å². The summed E-state index contributed by atoms with van der Waals surface area (Å²) >= 11 is 0. The molecule has 1 aliphatic rings. The van der Waals surface area contributed by atoms with E-state index >= 15 is 0 Å². The van der Waals surface area contributed by atoms with E-state index in [1.54, 1.807) is 19.1 Å². The van der Waals surface area contributed by atoms with Gasteiger partial charge in [-0.15, -0.1) is 0 Å². The van der Waals surface area contributed by atoms with Gasteiger partial charge in [0, 0.05) is 23.2 Å². The van der Waals surface area contributed by atoms with Gasteiger partial charge in [-0.25, -0.2) is 8.42 Å². The van der Waals surface area contributed by atoms with Gasteiger partial charge in [0.25, 0.3) is 9.05 Å². The normalized spacial score (nSPS) is 20.0. The van der Waals surface area contributed by atoms with Crippen LogP contribution >= 0.6 is 10.7 Å². The molecule has 0 spiro atoms. The molecule has 1 fully saturated rings. The zero-order valence-electron chi connectivity index (χ0n) is 10.1. The van der Waals surface area contributed by atoms with E-state index in [0.717, 1.165) is 19.6 Å². The Balaban J connectivity index is 2.04. The second-order valence-corrected chi connectivity index (χ2v) is 6.94. The minimum absolute atomic E-state index is 0.126. The van der Waals surface area contributed by atoms with Crippen LogP contribution < -0.4 is 4.74 Å². The molecule has 1 atom stereocenters. The van der Waals surface area contributed by atoms with E-state index < -0.39 is 9.05 Å². The summed E-state index contributed by atoms with van der Waals surface area (Å²) < 4.78 is 33.4. The quantitative estimate of drug-likeness (QED) is 0.799. The van der Waals surface area contributed by atoms with E-state index in [9.17, 15) is 8.42 Å². The minimum atomic E-state index is -3.68. The largest absolute Gasteiger partial charge is 0.493 e. The molecule has 1 aromatic carbocycles. The summed E-state index contributed by atoms with van der Waals surface area (Å²) in [5.74, 6) is 1.07. The first-order valence-electron chi connectivity index (χ1n) is 5.72. The molecule has 0 bridgehead atoms. The molecule has 0 aromatic heterocycles. The smallest absolute Gasteiger partial charge is 0.261 e. The summed E-state index contributed by atoms with van der Waals surface area (Å²) in [5, 5.41) is 0. The average Bonchev–Trinajstić information content (AvgIpc) is 2.77. The Hall–Kier alpha value is -0.780. The van der Waals surface area contributed by atoms with Gasteiger partial charge >= 0.3 is 0 Å². The van der Waals surface area contributed by atoms with Gasteiger partial charge in [-0.1, -0.05) is 0 Å². The zero-order chi connectivity index (χ0) is 13.2. The Morgan fingerprint density at radius 2 is 2.28 bits per heavy atom. The number of ether oxygens (including phenoxy) is 2. The fraction of sp³-hybridized carbons (Fsp3) is 0.500. The third-order valence-electron chi connectivity index (χ3n) is 2.92. The summed E-state index contributed by atoms with van der Waals surface area (Å²) in [7, 11) is 1.63. The van der Waals surface area contributed by atoms with Crippen molar-refractivity contribution in [1.29, 1.82) is 0 Å². The highest BCUT2D eigenvalue weighted by molar-refractivity contribution is 8.13. The molecule has 2 rings (SSSR count). The van der Waals surface area contributed by atoms with Crippen LogP contribution in [0.4, 0.5) is 0 Å². The summed E-state index contributed by atoms with van der Waals surface area (Å²) in [5.41, 5.74) is 0.588. The van der Waals surface area contributed by atoms with Crippen LogP contribution in [-0.2, 0) is 13.8 Å². The van der Waals surface area contributed by atoms with Crippen molar-refractivity contribution in [3.05, 3.63) is 23.8 Å². The lowest BCUT2D eigenvalue weighted by atomic mass is 10.1. The van der Waals surface area contributed by atoms with Gasteiger partial charge in [0.1, 0.15) is 5.75 Å². The predicted octanol–water partition coefficient (Wildman–Crippen LogP) is 2.34. The Bertz CT molecular complexity index is 521. The minimum Gasteiger partial charge on any atom is -0.493 e. The van der Waals surface area contributed by atoms with Crippen molar-refractivity contribution in [2.24, 2.45) is 5.92 Å². The lowest BCUT2D eigenvalue weighted by molar-refractivity contribution is 0.167. The predicted molar refractivity (Wildman–Crippen MR) is 68.6 cm³/mol. The van der Waals surface area contributed by atoms with Crippen molar-refractivity contribution < 1.29 is 17.9 Å². The fourth-order valence-corrected chi connectivity index (χ4v) is 3.11. The van der Waals surface area contributed by atoms with E-state index in [2.05, 4.69) is 0 Å². The highest BCUT2D eigenvalue weighted by Gasteiger charge is 2.17. The van der Waals surface area contributed by atoms with Crippen LogP contribution in [0.1, 0.15) is 12.0 Å². The zero-order valence-corrected chi connectivity index (χ0v) is 11.6. The molecule has 0 saturated carbocycles. The average molecular weight is 291 g/mol. The summed E-state index contributed by atoms with van der Waals surface area (Å²) in [4.78, 5) is 0.126. The second-order valence-electron chi connectivity index (χ2n) is 4.41. The maximum atomic E-state index is 11.2. The first-order chi connectivity index (χ1) is 8.47. The molecule has 0 aliphatic carbocycles. The third-order valence-corrected chi connectivity index (χ3v) is 4.40. The molecular formula is C12H15ClO4S. The van der Waals surface area contributed by atoms with Crippen molar-refractivity contribution in [3.63, 3.8) is 0 Å². The van der Waals surface area contributed by atoms with Gasteiger partial charge < -0.3 is 9.47 Å². The Kier molecular flexibility index (Phi) is 4.14. The van der Waals surface area contributed by atoms with E-state index in [1.165, 1.54) is 6.07 Å². The van der Waals surface area contributed by atoms with Crippen LogP contribution in [0.15, 0.2) is 23.1 Å². The van der Waals surface area contributed by atoms with Gasteiger partial charge in [-0.2, -0.15) is 0 Å². The Morgan fingerprint density at radius 3 is 2.83 bits per heavy atom. The van der Waals surface area contributed by atoms with Gasteiger partial charge in [0.15, 0.2) is 0 Å². The van der Waals surface area contributed by atoms with Crippen LogP contribution in [0.25, 0.3) is 0 Å². The molecule has 1 aliphatic heterocycles. The summed E-state index contributed by atoms with van der Waals surface area (Å²) in [6, 6.07) is 4.78. The second kappa shape index (κ2) is 5.47. The molecule has 1 unspecified atom stereocenters. The number of hydrogen-bond donors (Lipinski definition) is 0. The molecule has 1 aromatic rings. The molecular weight excluding hydrogens is 276 g/mol. The van der Waals surface area contributed by atoms with Gasteiger partial charge in [-0.3, -0.25) is 0 Å². The molecule has 1 heterocycles. The van der Waals surface area contributed by atoms with E-state index in [4.69, 9.17) is 20.2 Å². The highest BCUT2D eigenvalue weighted by atomic mass is 35.7. The molecule has 6 heteroatoms. The molecule has 4 nitrogen and oxygen atoms in total. The third kappa shape index (κ3) is 3.37. The molecule has 100 valence electrons. The highest BCUT2D eigenvalue weighted by Crippen LogP contribution is 2.24. The van der Waals surface area contributed by atoms with Crippen molar-refractivity contribution in [2.45, 2.75) is 18.2 Å². The van der Waals surface area contributed by atoms with E-state index in [0.29, 0.717) is 23.8 Å². The number of benzene rings is 1. The van der Waals surface area contributed by atoms with Crippen LogP contribution in [0.2, 0.25) is 0 Å². The molecule has 1 saturated heterocycles. The first-order valence-corrected chi connectivity index (χ1v) is 8.03. The van der Waals surface area contributed by atoms with Gasteiger partial charge in [0.05, 0.1) is 18.1 Å². The fourth-order valence-electron chi connectivity index (χ4n) is 1.91. The first kappa shape index (κ1) is 13.6. The number of halogens is 1. The molecule has 0 N–H and O–H groups in total. The monoisotopic (exact) mass is 290 g/mol. The molecule has 0 radical (unpaired) electrons. The van der Waals surface area contributed by atoms with Crippen LogP contribution in [0.3, 0.4) is 0 Å². The molecule has 18 heavy (non-hydrogen) atoms. The lowest BCUT2D eigenvalue weighted by Gasteiger charge is -2.11. The maximum Gasteiger partial charge on any atom is 0.261 e. The SMILES string of the molecule is Cc1cc(OCC2CCOC2)ccc1S(=O)(=O)Cl. The standard InChI is InChI=1S/C12H15ClO4S/c1-9-6-11(2-3-12(9)18(13,14)15)17-8-10-4-5-16-7-10/h2-3,6,10H,4-5,7-8H2,1H3.